The molecule has 28 heavy (non-hydrogen) atoms. The van der Waals surface area contributed by atoms with Crippen LogP contribution in [0.5, 0.6) is 11.5 Å². The van der Waals surface area contributed by atoms with Crippen LogP contribution in [-0.2, 0) is 14.3 Å². The maximum Gasteiger partial charge on any atom is 0.331 e. The molecule has 0 fully saturated rings. The summed E-state index contributed by atoms with van der Waals surface area (Å²) < 4.78 is 16.0. The van der Waals surface area contributed by atoms with Gasteiger partial charge in [-0.15, -0.1) is 0 Å². The largest absolute Gasteiger partial charge is 0.493 e. The van der Waals surface area contributed by atoms with E-state index in [4.69, 9.17) is 25.8 Å². The Bertz CT molecular complexity index is 707. The highest BCUT2D eigenvalue weighted by molar-refractivity contribution is 6.32. The summed E-state index contributed by atoms with van der Waals surface area (Å²) >= 11 is 6.22. The molecule has 0 aliphatic heterocycles. The van der Waals surface area contributed by atoms with Crippen LogP contribution in [0.3, 0.4) is 0 Å². The molecular formula is C21H30ClNO5. The lowest BCUT2D eigenvalue weighted by Gasteiger charge is -2.32. The van der Waals surface area contributed by atoms with Crippen molar-refractivity contribution in [3.05, 3.63) is 28.8 Å². The van der Waals surface area contributed by atoms with Crippen molar-refractivity contribution < 1.29 is 23.8 Å². The molecule has 0 saturated heterocycles. The normalized spacial score (nSPS) is 12.4. The van der Waals surface area contributed by atoms with Gasteiger partial charge in [0.2, 0.25) is 0 Å². The van der Waals surface area contributed by atoms with E-state index in [-0.39, 0.29) is 18.0 Å². The van der Waals surface area contributed by atoms with Crippen LogP contribution in [0.1, 0.15) is 47.1 Å². The minimum atomic E-state index is -0.875. The highest BCUT2D eigenvalue weighted by atomic mass is 35.5. The van der Waals surface area contributed by atoms with E-state index in [1.807, 2.05) is 34.6 Å². The molecule has 1 atom stereocenters. The van der Waals surface area contributed by atoms with Gasteiger partial charge in [-0.3, -0.25) is 4.79 Å². The van der Waals surface area contributed by atoms with Crippen LogP contribution in [0, 0.1) is 0 Å². The Morgan fingerprint density at radius 2 is 1.75 bits per heavy atom. The fourth-order valence-corrected chi connectivity index (χ4v) is 3.14. The first-order chi connectivity index (χ1) is 13.1. The third-order valence-electron chi connectivity index (χ3n) is 3.96. The summed E-state index contributed by atoms with van der Waals surface area (Å²) in [6, 6.07) is 3.39. The molecule has 0 spiro atoms. The van der Waals surface area contributed by atoms with Crippen molar-refractivity contribution in [3.63, 3.8) is 0 Å². The zero-order valence-electron chi connectivity index (χ0n) is 17.6. The molecule has 7 heteroatoms. The molecule has 0 aliphatic rings. The van der Waals surface area contributed by atoms with Gasteiger partial charge in [0.25, 0.3) is 5.91 Å². The van der Waals surface area contributed by atoms with E-state index < -0.39 is 12.1 Å². The molecule has 0 N–H and O–H groups in total. The van der Waals surface area contributed by atoms with E-state index in [1.165, 1.54) is 13.2 Å². The van der Waals surface area contributed by atoms with Crippen molar-refractivity contribution in [1.29, 1.82) is 0 Å². The van der Waals surface area contributed by atoms with Crippen LogP contribution in [0.4, 0.5) is 0 Å². The first-order valence-corrected chi connectivity index (χ1v) is 9.71. The molecule has 1 rings (SSSR count). The maximum atomic E-state index is 12.5. The number of halogens is 1. The summed E-state index contributed by atoms with van der Waals surface area (Å²) in [5, 5.41) is 0.377. The molecule has 0 radical (unpaired) electrons. The number of amides is 1. The number of carbonyl (C=O) groups excluding carboxylic acids is 2. The van der Waals surface area contributed by atoms with Gasteiger partial charge in [-0.25, -0.2) is 4.79 Å². The quantitative estimate of drug-likeness (QED) is 0.446. The molecular weight excluding hydrogens is 382 g/mol. The molecule has 1 aromatic carbocycles. The van der Waals surface area contributed by atoms with Crippen molar-refractivity contribution in [2.45, 2.75) is 59.7 Å². The number of benzene rings is 1. The van der Waals surface area contributed by atoms with Gasteiger partial charge < -0.3 is 19.1 Å². The lowest BCUT2D eigenvalue weighted by atomic mass is 10.2. The number of esters is 1. The van der Waals surface area contributed by atoms with Crippen molar-refractivity contribution in [3.8, 4) is 11.5 Å². The van der Waals surface area contributed by atoms with Crippen LogP contribution in [0.15, 0.2) is 18.2 Å². The topological polar surface area (TPSA) is 65.1 Å². The van der Waals surface area contributed by atoms with Gasteiger partial charge in [0.05, 0.1) is 18.7 Å². The maximum absolute atomic E-state index is 12.5. The SMILES string of the molecule is CCOc1c(Cl)cc(/C=C/C(=O)O[C@@H](C)C(=O)N(C(C)C)C(C)C)cc1OC. The number of carbonyl (C=O) groups is 2. The highest BCUT2D eigenvalue weighted by Gasteiger charge is 2.27. The van der Waals surface area contributed by atoms with Gasteiger partial charge in [0.1, 0.15) is 0 Å². The van der Waals surface area contributed by atoms with E-state index in [0.29, 0.717) is 28.7 Å². The van der Waals surface area contributed by atoms with Crippen LogP contribution < -0.4 is 9.47 Å². The molecule has 0 aromatic heterocycles. The molecule has 1 amide bonds. The lowest BCUT2D eigenvalue weighted by molar-refractivity contribution is -0.157. The van der Waals surface area contributed by atoms with Crippen LogP contribution in [-0.4, -0.2) is 48.7 Å². The second-order valence-corrected chi connectivity index (χ2v) is 7.22. The van der Waals surface area contributed by atoms with Gasteiger partial charge in [0, 0.05) is 18.2 Å². The van der Waals surface area contributed by atoms with E-state index in [9.17, 15) is 9.59 Å². The first kappa shape index (κ1) is 23.8. The molecule has 0 aliphatic carbocycles. The molecule has 1 aromatic rings. The Balaban J connectivity index is 2.86. The summed E-state index contributed by atoms with van der Waals surface area (Å²) in [7, 11) is 1.51. The minimum Gasteiger partial charge on any atom is -0.493 e. The van der Waals surface area contributed by atoms with E-state index in [0.717, 1.165) is 0 Å². The van der Waals surface area contributed by atoms with Crippen LogP contribution in [0.25, 0.3) is 6.08 Å². The third kappa shape index (κ3) is 6.44. The standard InChI is InChI=1S/C21H30ClNO5/c1-8-27-20-17(22)11-16(12-18(20)26-7)9-10-19(24)28-15(6)21(25)23(13(2)3)14(4)5/h9-15H,8H2,1-7H3/b10-9+/t15-/m0/s1. The summed E-state index contributed by atoms with van der Waals surface area (Å²) in [6.07, 6.45) is 1.93. The smallest absolute Gasteiger partial charge is 0.331 e. The van der Waals surface area contributed by atoms with Gasteiger partial charge in [-0.05, 0) is 65.3 Å². The molecule has 0 bridgehead atoms. The molecule has 156 valence electrons. The summed E-state index contributed by atoms with van der Waals surface area (Å²) in [6.45, 7) is 11.6. The van der Waals surface area contributed by atoms with Crippen molar-refractivity contribution in [2.24, 2.45) is 0 Å². The number of hydrogen-bond donors (Lipinski definition) is 0. The Morgan fingerprint density at radius 3 is 2.25 bits per heavy atom. The predicted molar refractivity (Wildman–Crippen MR) is 111 cm³/mol. The fraction of sp³-hybridized carbons (Fsp3) is 0.524. The first-order valence-electron chi connectivity index (χ1n) is 9.33. The van der Waals surface area contributed by atoms with Crippen molar-refractivity contribution in [1.82, 2.24) is 4.90 Å². The average molecular weight is 412 g/mol. The number of hydrogen-bond acceptors (Lipinski definition) is 5. The number of rotatable bonds is 9. The summed E-state index contributed by atoms with van der Waals surface area (Å²) in [5.41, 5.74) is 0.646. The average Bonchev–Trinajstić information content (AvgIpc) is 2.61. The minimum absolute atomic E-state index is 0.0163. The second kappa shape index (κ2) is 11.0. The van der Waals surface area contributed by atoms with Crippen molar-refractivity contribution in [2.75, 3.05) is 13.7 Å². The van der Waals surface area contributed by atoms with E-state index in [2.05, 4.69) is 0 Å². The van der Waals surface area contributed by atoms with Crippen LogP contribution >= 0.6 is 11.6 Å². The molecule has 6 nitrogen and oxygen atoms in total. The summed E-state index contributed by atoms with van der Waals surface area (Å²) in [5.74, 6) is 0.0818. The molecule has 0 unspecified atom stereocenters. The van der Waals surface area contributed by atoms with Gasteiger partial charge in [0.15, 0.2) is 17.6 Å². The monoisotopic (exact) mass is 411 g/mol. The Labute approximate surface area is 172 Å². The van der Waals surface area contributed by atoms with Gasteiger partial charge in [-0.1, -0.05) is 11.6 Å². The Hall–Kier alpha value is -2.21. The fourth-order valence-electron chi connectivity index (χ4n) is 2.86. The molecule has 0 heterocycles. The van der Waals surface area contributed by atoms with E-state index >= 15 is 0 Å². The zero-order chi connectivity index (χ0) is 21.4. The van der Waals surface area contributed by atoms with Gasteiger partial charge >= 0.3 is 5.97 Å². The summed E-state index contributed by atoms with van der Waals surface area (Å²) in [4.78, 5) is 26.4. The van der Waals surface area contributed by atoms with Crippen molar-refractivity contribution >= 4 is 29.6 Å². The Morgan fingerprint density at radius 1 is 1.14 bits per heavy atom. The lowest BCUT2D eigenvalue weighted by Crippen LogP contribution is -2.47. The number of nitrogens with zero attached hydrogens (tertiary/aromatic N) is 1. The van der Waals surface area contributed by atoms with E-state index in [1.54, 1.807) is 30.0 Å². The number of ether oxygens (including phenoxy) is 3. The zero-order valence-corrected chi connectivity index (χ0v) is 18.4. The highest BCUT2D eigenvalue weighted by Crippen LogP contribution is 2.36. The van der Waals surface area contributed by atoms with Crippen LogP contribution in [0.2, 0.25) is 5.02 Å². The third-order valence-corrected chi connectivity index (χ3v) is 4.24. The number of methoxy groups -OCH3 is 1. The second-order valence-electron chi connectivity index (χ2n) is 6.81. The Kier molecular flexibility index (Phi) is 9.32. The molecule has 0 saturated carbocycles. The predicted octanol–water partition coefficient (Wildman–Crippen LogP) is 4.34. The van der Waals surface area contributed by atoms with Gasteiger partial charge in [-0.2, -0.15) is 0 Å².